The zero-order chi connectivity index (χ0) is 26.9. The lowest BCUT2D eigenvalue weighted by atomic mass is 10.0. The maximum atomic E-state index is 4.92. The van der Waals surface area contributed by atoms with E-state index in [1.807, 2.05) is 58.9 Å². The van der Waals surface area contributed by atoms with Gasteiger partial charge < -0.3 is 9.88 Å². The van der Waals surface area contributed by atoms with E-state index in [0.29, 0.717) is 17.9 Å². The van der Waals surface area contributed by atoms with Crippen LogP contribution < -0.4 is 10.6 Å². The first kappa shape index (κ1) is 24.3. The van der Waals surface area contributed by atoms with Crippen LogP contribution in [0.4, 0.5) is 17.7 Å². The van der Waals surface area contributed by atoms with Gasteiger partial charge >= 0.3 is 0 Å². The van der Waals surface area contributed by atoms with Crippen LogP contribution in [-0.4, -0.2) is 53.1 Å². The molecule has 2 N–H and O–H groups in total. The second-order valence-electron chi connectivity index (χ2n) is 10.3. The number of likely N-dealkylation sites (tertiary alicyclic amines) is 1. The SMILES string of the molecule is Cn1c(Nc2nc(NC3CCN(Cc4ccccc4)CC3)c3ncn(-c4ccccc4)c3n2)nc2ccccc21. The zero-order valence-corrected chi connectivity index (χ0v) is 22.4. The Labute approximate surface area is 232 Å². The number of aromatic nitrogens is 6. The summed E-state index contributed by atoms with van der Waals surface area (Å²) in [6.07, 6.45) is 3.89. The zero-order valence-electron chi connectivity index (χ0n) is 22.4. The number of rotatable bonds is 7. The van der Waals surface area contributed by atoms with E-state index in [1.54, 1.807) is 0 Å². The lowest BCUT2D eigenvalue weighted by Crippen LogP contribution is -2.38. The Morgan fingerprint density at radius 3 is 2.33 bits per heavy atom. The molecule has 0 atom stereocenters. The van der Waals surface area contributed by atoms with Crippen molar-refractivity contribution in [3.63, 3.8) is 0 Å². The van der Waals surface area contributed by atoms with Crippen LogP contribution in [0, 0.1) is 0 Å². The highest BCUT2D eigenvalue weighted by molar-refractivity contribution is 5.86. The average molecular weight is 530 g/mol. The lowest BCUT2D eigenvalue weighted by molar-refractivity contribution is 0.211. The lowest BCUT2D eigenvalue weighted by Gasteiger charge is -2.32. The van der Waals surface area contributed by atoms with Gasteiger partial charge in [0, 0.05) is 38.4 Å². The molecule has 3 aromatic carbocycles. The molecule has 1 aliphatic rings. The van der Waals surface area contributed by atoms with Crippen molar-refractivity contribution in [2.24, 2.45) is 7.05 Å². The number of imidazole rings is 2. The van der Waals surface area contributed by atoms with Crippen molar-refractivity contribution in [3.8, 4) is 5.69 Å². The number of hydrogen-bond donors (Lipinski definition) is 2. The topological polar surface area (TPSA) is 88.7 Å². The number of para-hydroxylation sites is 3. The van der Waals surface area contributed by atoms with E-state index >= 15 is 0 Å². The van der Waals surface area contributed by atoms with Gasteiger partial charge in [-0.25, -0.2) is 9.97 Å². The van der Waals surface area contributed by atoms with Crippen LogP contribution in [0.25, 0.3) is 27.9 Å². The average Bonchev–Trinajstić information content (AvgIpc) is 3.56. The number of anilines is 3. The van der Waals surface area contributed by atoms with E-state index in [2.05, 4.69) is 64.1 Å². The predicted molar refractivity (Wildman–Crippen MR) is 159 cm³/mol. The summed E-state index contributed by atoms with van der Waals surface area (Å²) in [5, 5.41) is 7.09. The van der Waals surface area contributed by atoms with Crippen LogP contribution in [0.3, 0.4) is 0 Å². The number of hydrogen-bond acceptors (Lipinski definition) is 7. The first-order chi connectivity index (χ1) is 19.7. The molecule has 200 valence electrons. The fraction of sp³-hybridized carbons (Fsp3) is 0.226. The maximum absolute atomic E-state index is 4.92. The Kier molecular flexibility index (Phi) is 6.33. The van der Waals surface area contributed by atoms with Gasteiger partial charge in [0.15, 0.2) is 17.0 Å². The predicted octanol–water partition coefficient (Wildman–Crippen LogP) is 5.52. The fourth-order valence-electron chi connectivity index (χ4n) is 5.46. The number of piperidine rings is 1. The Hall–Kier alpha value is -4.76. The molecule has 0 spiro atoms. The second-order valence-corrected chi connectivity index (χ2v) is 10.3. The van der Waals surface area contributed by atoms with Crippen molar-refractivity contribution in [1.82, 2.24) is 34.0 Å². The first-order valence-corrected chi connectivity index (χ1v) is 13.7. The monoisotopic (exact) mass is 529 g/mol. The molecule has 7 rings (SSSR count). The minimum absolute atomic E-state index is 0.301. The number of benzene rings is 3. The number of nitrogens with zero attached hydrogens (tertiary/aromatic N) is 7. The van der Waals surface area contributed by atoms with Crippen molar-refractivity contribution in [2.45, 2.75) is 25.4 Å². The highest BCUT2D eigenvalue weighted by Gasteiger charge is 2.23. The van der Waals surface area contributed by atoms with Gasteiger partial charge in [0.25, 0.3) is 0 Å². The van der Waals surface area contributed by atoms with Crippen LogP contribution in [0.15, 0.2) is 91.3 Å². The Balaban J connectivity index is 1.18. The molecular formula is C31H31N9. The third-order valence-corrected chi connectivity index (χ3v) is 7.62. The van der Waals surface area contributed by atoms with Gasteiger partial charge in [-0.05, 0) is 42.7 Å². The maximum Gasteiger partial charge on any atom is 0.233 e. The molecule has 3 aromatic heterocycles. The van der Waals surface area contributed by atoms with Crippen LogP contribution in [-0.2, 0) is 13.6 Å². The van der Waals surface area contributed by atoms with Gasteiger partial charge in [0.05, 0.1) is 11.0 Å². The molecule has 9 heteroatoms. The number of aryl methyl sites for hydroxylation is 1. The van der Waals surface area contributed by atoms with E-state index in [0.717, 1.165) is 66.2 Å². The van der Waals surface area contributed by atoms with E-state index in [-0.39, 0.29) is 0 Å². The van der Waals surface area contributed by atoms with Crippen molar-refractivity contribution in [1.29, 1.82) is 0 Å². The van der Waals surface area contributed by atoms with Gasteiger partial charge in [-0.3, -0.25) is 14.8 Å². The Bertz CT molecular complexity index is 1750. The standard InChI is InChI=1S/C31H31N9/c1-38-26-15-9-8-14-25(26)34-31(38)37-30-35-28(27-29(36-30)40(21-32-27)24-12-6-3-7-13-24)33-23-16-18-39(19-17-23)20-22-10-4-2-5-11-22/h2-15,21,23H,16-20H2,1H3,(H2,33,34,35,36,37). The van der Waals surface area contributed by atoms with E-state index in [4.69, 9.17) is 19.9 Å². The molecule has 4 heterocycles. The molecule has 1 saturated heterocycles. The normalized spacial score (nSPS) is 14.6. The summed E-state index contributed by atoms with van der Waals surface area (Å²) in [6.45, 7) is 3.05. The third-order valence-electron chi connectivity index (χ3n) is 7.62. The molecular weight excluding hydrogens is 498 g/mol. The first-order valence-electron chi connectivity index (χ1n) is 13.7. The molecule has 0 bridgehead atoms. The molecule has 1 aliphatic heterocycles. The molecule has 6 aromatic rings. The van der Waals surface area contributed by atoms with Crippen LogP contribution in [0.5, 0.6) is 0 Å². The van der Waals surface area contributed by atoms with Gasteiger partial charge in [-0.1, -0.05) is 60.7 Å². The smallest absolute Gasteiger partial charge is 0.233 e. The minimum atomic E-state index is 0.301. The second kappa shape index (κ2) is 10.4. The third kappa shape index (κ3) is 4.76. The van der Waals surface area contributed by atoms with Crippen molar-refractivity contribution in [2.75, 3.05) is 23.7 Å². The molecule has 0 aliphatic carbocycles. The molecule has 0 unspecified atom stereocenters. The summed E-state index contributed by atoms with van der Waals surface area (Å²) in [5.41, 5.74) is 5.82. The molecule has 9 nitrogen and oxygen atoms in total. The summed E-state index contributed by atoms with van der Waals surface area (Å²) < 4.78 is 4.03. The summed E-state index contributed by atoms with van der Waals surface area (Å²) in [4.78, 5) is 21.9. The van der Waals surface area contributed by atoms with Gasteiger partial charge in [-0.15, -0.1) is 0 Å². The van der Waals surface area contributed by atoms with Crippen LogP contribution in [0.1, 0.15) is 18.4 Å². The molecule has 40 heavy (non-hydrogen) atoms. The number of nitrogens with one attached hydrogen (secondary N) is 2. The van der Waals surface area contributed by atoms with Crippen LogP contribution >= 0.6 is 0 Å². The fourth-order valence-corrected chi connectivity index (χ4v) is 5.46. The number of fused-ring (bicyclic) bond motifs is 2. The van der Waals surface area contributed by atoms with Crippen molar-refractivity contribution < 1.29 is 0 Å². The van der Waals surface area contributed by atoms with Gasteiger partial charge in [0.2, 0.25) is 11.9 Å². The quantitative estimate of drug-likeness (QED) is 0.281. The van der Waals surface area contributed by atoms with Crippen LogP contribution in [0.2, 0.25) is 0 Å². The summed E-state index contributed by atoms with van der Waals surface area (Å²) in [7, 11) is 1.99. The highest BCUT2D eigenvalue weighted by atomic mass is 15.3. The van der Waals surface area contributed by atoms with Crippen molar-refractivity contribution >= 4 is 39.9 Å². The molecule has 0 radical (unpaired) electrons. The molecule has 1 fully saturated rings. The van der Waals surface area contributed by atoms with E-state index in [9.17, 15) is 0 Å². The summed E-state index contributed by atoms with van der Waals surface area (Å²) in [5.74, 6) is 1.90. The molecule has 0 saturated carbocycles. The summed E-state index contributed by atoms with van der Waals surface area (Å²) in [6, 6.07) is 29.2. The van der Waals surface area contributed by atoms with Gasteiger partial charge in [-0.2, -0.15) is 9.97 Å². The Morgan fingerprint density at radius 2 is 1.55 bits per heavy atom. The molecule has 0 amide bonds. The Morgan fingerprint density at radius 1 is 0.825 bits per heavy atom. The van der Waals surface area contributed by atoms with E-state index < -0.39 is 0 Å². The highest BCUT2D eigenvalue weighted by Crippen LogP contribution is 2.28. The van der Waals surface area contributed by atoms with Gasteiger partial charge in [0.1, 0.15) is 6.33 Å². The minimum Gasteiger partial charge on any atom is -0.365 e. The van der Waals surface area contributed by atoms with E-state index in [1.165, 1.54) is 5.56 Å². The largest absolute Gasteiger partial charge is 0.365 e. The van der Waals surface area contributed by atoms with Crippen molar-refractivity contribution in [3.05, 3.63) is 96.8 Å². The summed E-state index contributed by atoms with van der Waals surface area (Å²) >= 11 is 0.